The van der Waals surface area contributed by atoms with E-state index in [0.717, 1.165) is 12.8 Å². The molecule has 0 bridgehead atoms. The van der Waals surface area contributed by atoms with Crippen molar-refractivity contribution in [3.05, 3.63) is 24.3 Å². The van der Waals surface area contributed by atoms with Crippen LogP contribution in [0.1, 0.15) is 77.6 Å². The first-order chi connectivity index (χ1) is 9.81. The molecular weight excluding hydrogens is 248 g/mol. The number of rotatable bonds is 13. The standard InChI is InChI=1S/C18H32O2/c1-3-4-5-6-7-8-9-10-11-12-13-14-15-16-17-18(19)20-2/h6-9H,3-5,10-17H2,1-2H3/b7-6-,9-8+. The zero-order chi connectivity index (χ0) is 14.9. The Labute approximate surface area is 125 Å². The van der Waals surface area contributed by atoms with Gasteiger partial charge >= 0.3 is 5.97 Å². The molecule has 0 aliphatic rings. The quantitative estimate of drug-likeness (QED) is 0.250. The van der Waals surface area contributed by atoms with Crippen LogP contribution in [0.5, 0.6) is 0 Å². The van der Waals surface area contributed by atoms with E-state index < -0.39 is 0 Å². The summed E-state index contributed by atoms with van der Waals surface area (Å²) < 4.78 is 4.61. The van der Waals surface area contributed by atoms with Crippen molar-refractivity contribution in [2.75, 3.05) is 7.11 Å². The van der Waals surface area contributed by atoms with Gasteiger partial charge in [-0.3, -0.25) is 4.79 Å². The summed E-state index contributed by atoms with van der Waals surface area (Å²) in [5, 5.41) is 0. The number of hydrogen-bond donors (Lipinski definition) is 0. The van der Waals surface area contributed by atoms with Crippen molar-refractivity contribution in [2.45, 2.75) is 77.6 Å². The van der Waals surface area contributed by atoms with E-state index in [9.17, 15) is 4.79 Å². The summed E-state index contributed by atoms with van der Waals surface area (Å²) in [6.07, 6.45) is 21.6. The molecule has 0 aromatic rings. The van der Waals surface area contributed by atoms with Crippen molar-refractivity contribution in [1.82, 2.24) is 0 Å². The Morgan fingerprint density at radius 1 is 0.850 bits per heavy atom. The highest BCUT2D eigenvalue weighted by molar-refractivity contribution is 5.68. The highest BCUT2D eigenvalue weighted by atomic mass is 16.5. The van der Waals surface area contributed by atoms with Crippen molar-refractivity contribution in [2.24, 2.45) is 0 Å². The van der Waals surface area contributed by atoms with Gasteiger partial charge in [-0.05, 0) is 25.7 Å². The van der Waals surface area contributed by atoms with Crippen LogP contribution < -0.4 is 0 Å². The summed E-state index contributed by atoms with van der Waals surface area (Å²) >= 11 is 0. The first-order valence-corrected chi connectivity index (χ1v) is 8.19. The van der Waals surface area contributed by atoms with Crippen LogP contribution in [-0.4, -0.2) is 13.1 Å². The maximum absolute atomic E-state index is 10.9. The van der Waals surface area contributed by atoms with Gasteiger partial charge in [-0.25, -0.2) is 0 Å². The topological polar surface area (TPSA) is 26.3 Å². The van der Waals surface area contributed by atoms with Crippen LogP contribution in [0, 0.1) is 0 Å². The van der Waals surface area contributed by atoms with Crippen LogP contribution in [0.3, 0.4) is 0 Å². The minimum atomic E-state index is -0.0814. The highest BCUT2D eigenvalue weighted by Gasteiger charge is 1.98. The van der Waals surface area contributed by atoms with E-state index in [0.29, 0.717) is 6.42 Å². The molecule has 0 radical (unpaired) electrons. The fourth-order valence-corrected chi connectivity index (χ4v) is 2.01. The average molecular weight is 280 g/mol. The first-order valence-electron chi connectivity index (χ1n) is 8.19. The molecule has 0 rings (SSSR count). The second-order valence-corrected chi connectivity index (χ2v) is 5.23. The minimum Gasteiger partial charge on any atom is -0.469 e. The maximum Gasteiger partial charge on any atom is 0.305 e. The Balaban J connectivity index is 3.18. The Morgan fingerprint density at radius 3 is 2.00 bits per heavy atom. The van der Waals surface area contributed by atoms with Crippen molar-refractivity contribution in [3.63, 3.8) is 0 Å². The van der Waals surface area contributed by atoms with E-state index in [2.05, 4.69) is 36.0 Å². The van der Waals surface area contributed by atoms with Gasteiger partial charge < -0.3 is 4.74 Å². The van der Waals surface area contributed by atoms with Crippen molar-refractivity contribution in [3.8, 4) is 0 Å². The van der Waals surface area contributed by atoms with Crippen molar-refractivity contribution in [1.29, 1.82) is 0 Å². The largest absolute Gasteiger partial charge is 0.469 e. The molecule has 0 aliphatic carbocycles. The molecule has 0 saturated carbocycles. The Morgan fingerprint density at radius 2 is 1.40 bits per heavy atom. The van der Waals surface area contributed by atoms with Gasteiger partial charge in [0.1, 0.15) is 0 Å². The molecule has 0 N–H and O–H groups in total. The normalized spacial score (nSPS) is 11.5. The number of hydrogen-bond acceptors (Lipinski definition) is 2. The number of esters is 1. The summed E-state index contributed by atoms with van der Waals surface area (Å²) in [5.74, 6) is -0.0814. The number of ether oxygens (including phenoxy) is 1. The lowest BCUT2D eigenvalue weighted by Crippen LogP contribution is -1.99. The highest BCUT2D eigenvalue weighted by Crippen LogP contribution is 2.09. The second-order valence-electron chi connectivity index (χ2n) is 5.23. The molecule has 0 aromatic heterocycles. The number of allylic oxidation sites excluding steroid dienone is 4. The molecule has 0 amide bonds. The smallest absolute Gasteiger partial charge is 0.305 e. The third kappa shape index (κ3) is 15.0. The van der Waals surface area contributed by atoms with Gasteiger partial charge in [0.05, 0.1) is 7.11 Å². The maximum atomic E-state index is 10.9. The molecule has 0 fully saturated rings. The Bertz CT molecular complexity index is 267. The Kier molecular flexibility index (Phi) is 15.2. The fourth-order valence-electron chi connectivity index (χ4n) is 2.01. The van der Waals surface area contributed by atoms with Crippen LogP contribution in [0.25, 0.3) is 0 Å². The van der Waals surface area contributed by atoms with Crippen molar-refractivity contribution < 1.29 is 9.53 Å². The number of methoxy groups -OCH3 is 1. The molecule has 0 aromatic carbocycles. The first kappa shape index (κ1) is 18.9. The van der Waals surface area contributed by atoms with Crippen LogP contribution in [0.2, 0.25) is 0 Å². The summed E-state index contributed by atoms with van der Waals surface area (Å²) in [6, 6.07) is 0. The number of carbonyl (C=O) groups is 1. The van der Waals surface area contributed by atoms with Gasteiger partial charge in [-0.2, -0.15) is 0 Å². The number of unbranched alkanes of at least 4 members (excludes halogenated alkanes) is 8. The van der Waals surface area contributed by atoms with Gasteiger partial charge in [-0.15, -0.1) is 0 Å². The Hall–Kier alpha value is -1.05. The van der Waals surface area contributed by atoms with E-state index in [1.165, 1.54) is 58.5 Å². The van der Waals surface area contributed by atoms with E-state index in [4.69, 9.17) is 0 Å². The van der Waals surface area contributed by atoms with Crippen LogP contribution >= 0.6 is 0 Å². The molecule has 0 atom stereocenters. The lowest BCUT2D eigenvalue weighted by Gasteiger charge is -2.00. The fraction of sp³-hybridized carbons (Fsp3) is 0.722. The molecule has 0 unspecified atom stereocenters. The van der Waals surface area contributed by atoms with Gasteiger partial charge in [0.15, 0.2) is 0 Å². The SMILES string of the molecule is CCCC/C=C\C=C\CCCCCCCCC(=O)OC. The molecule has 0 spiro atoms. The van der Waals surface area contributed by atoms with Gasteiger partial charge in [0, 0.05) is 6.42 Å². The van der Waals surface area contributed by atoms with Crippen molar-refractivity contribution >= 4 is 5.97 Å². The van der Waals surface area contributed by atoms with E-state index in [1.54, 1.807) is 0 Å². The van der Waals surface area contributed by atoms with E-state index in [1.807, 2.05) is 0 Å². The lowest BCUT2D eigenvalue weighted by atomic mass is 10.1. The third-order valence-electron chi connectivity index (χ3n) is 3.34. The third-order valence-corrected chi connectivity index (χ3v) is 3.34. The molecule has 116 valence electrons. The summed E-state index contributed by atoms with van der Waals surface area (Å²) in [5.41, 5.74) is 0. The summed E-state index contributed by atoms with van der Waals surface area (Å²) in [6.45, 7) is 2.22. The number of carbonyl (C=O) groups excluding carboxylic acids is 1. The van der Waals surface area contributed by atoms with Gasteiger partial charge in [-0.1, -0.05) is 69.8 Å². The molecule has 0 heterocycles. The molecule has 2 nitrogen and oxygen atoms in total. The molecule has 2 heteroatoms. The monoisotopic (exact) mass is 280 g/mol. The lowest BCUT2D eigenvalue weighted by molar-refractivity contribution is -0.140. The van der Waals surface area contributed by atoms with Crippen LogP contribution in [0.4, 0.5) is 0 Å². The summed E-state index contributed by atoms with van der Waals surface area (Å²) in [7, 11) is 1.45. The van der Waals surface area contributed by atoms with Crippen LogP contribution in [-0.2, 0) is 9.53 Å². The van der Waals surface area contributed by atoms with E-state index >= 15 is 0 Å². The summed E-state index contributed by atoms with van der Waals surface area (Å²) in [4.78, 5) is 10.9. The van der Waals surface area contributed by atoms with E-state index in [-0.39, 0.29) is 5.97 Å². The predicted molar refractivity (Wildman–Crippen MR) is 86.8 cm³/mol. The van der Waals surface area contributed by atoms with Gasteiger partial charge in [0.25, 0.3) is 0 Å². The molecule has 0 saturated heterocycles. The minimum absolute atomic E-state index is 0.0814. The predicted octanol–water partition coefficient (Wildman–Crippen LogP) is 5.58. The van der Waals surface area contributed by atoms with Crippen LogP contribution in [0.15, 0.2) is 24.3 Å². The average Bonchev–Trinajstić information content (AvgIpc) is 2.47. The zero-order valence-corrected chi connectivity index (χ0v) is 13.4. The second kappa shape index (κ2) is 16.0. The molecule has 0 aliphatic heterocycles. The van der Waals surface area contributed by atoms with Gasteiger partial charge in [0.2, 0.25) is 0 Å². The molecule has 20 heavy (non-hydrogen) atoms. The molecular formula is C18H32O2. The zero-order valence-electron chi connectivity index (χ0n) is 13.4.